The largest absolute Gasteiger partial charge is 0.376 e. The number of carbonyl (C=O) groups is 1. The second kappa shape index (κ2) is 9.93. The van der Waals surface area contributed by atoms with E-state index >= 15 is 0 Å². The number of rotatable bonds is 6. The molecule has 0 radical (unpaired) electrons. The van der Waals surface area contributed by atoms with Gasteiger partial charge in [-0.15, -0.1) is 0 Å². The lowest BCUT2D eigenvalue weighted by atomic mass is 9.90. The standard InChI is InChI=1S/C25H29N3O/c1-3-22-11-7-8-19(2)24(22)27-25(29)23(17-26)18-28-14-12-21(13-15-28)16-20-9-5-4-6-10-20/h4-11,18,21H,3,12-16H2,1-2H3,(H,27,29)/b23-18-. The van der Waals surface area contributed by atoms with Gasteiger partial charge in [-0.25, -0.2) is 0 Å². The van der Waals surface area contributed by atoms with Crippen molar-refractivity contribution in [3.8, 4) is 6.07 Å². The maximum absolute atomic E-state index is 12.7. The number of amides is 1. The number of hydrogen-bond donors (Lipinski definition) is 1. The molecule has 0 spiro atoms. The van der Waals surface area contributed by atoms with Crippen molar-refractivity contribution in [3.05, 3.63) is 77.0 Å². The van der Waals surface area contributed by atoms with E-state index in [1.165, 1.54) is 5.56 Å². The first-order chi connectivity index (χ1) is 14.1. The first kappa shape index (κ1) is 20.7. The molecule has 1 fully saturated rings. The maximum Gasteiger partial charge on any atom is 0.267 e. The minimum Gasteiger partial charge on any atom is -0.376 e. The highest BCUT2D eigenvalue weighted by Gasteiger charge is 2.20. The molecule has 0 aliphatic carbocycles. The van der Waals surface area contributed by atoms with Crippen LogP contribution in [0.4, 0.5) is 5.69 Å². The minimum atomic E-state index is -0.331. The molecule has 1 N–H and O–H groups in total. The van der Waals surface area contributed by atoms with Crippen LogP contribution >= 0.6 is 0 Å². The smallest absolute Gasteiger partial charge is 0.267 e. The zero-order valence-corrected chi connectivity index (χ0v) is 17.3. The van der Waals surface area contributed by atoms with Crippen LogP contribution in [0.25, 0.3) is 0 Å². The molecule has 1 heterocycles. The number of anilines is 1. The molecule has 2 aromatic rings. The Bertz CT molecular complexity index is 903. The SMILES string of the molecule is CCc1cccc(C)c1NC(=O)/C(C#N)=C\N1CCC(Cc2ccccc2)CC1. The zero-order chi connectivity index (χ0) is 20.6. The predicted molar refractivity (Wildman–Crippen MR) is 117 cm³/mol. The van der Waals surface area contributed by atoms with Crippen molar-refractivity contribution in [3.63, 3.8) is 0 Å². The second-order valence-electron chi connectivity index (χ2n) is 7.74. The molecule has 1 saturated heterocycles. The highest BCUT2D eigenvalue weighted by molar-refractivity contribution is 6.07. The Labute approximate surface area is 173 Å². The normalized spacial score (nSPS) is 15.1. The lowest BCUT2D eigenvalue weighted by Crippen LogP contribution is -2.31. The van der Waals surface area contributed by atoms with Crippen molar-refractivity contribution in [2.45, 2.75) is 39.5 Å². The van der Waals surface area contributed by atoms with E-state index in [1.807, 2.05) is 31.2 Å². The molecule has 0 saturated carbocycles. The van der Waals surface area contributed by atoms with Gasteiger partial charge in [-0.2, -0.15) is 5.26 Å². The first-order valence-electron chi connectivity index (χ1n) is 10.4. The molecule has 1 aliphatic rings. The van der Waals surface area contributed by atoms with E-state index in [-0.39, 0.29) is 11.5 Å². The third kappa shape index (κ3) is 5.48. The molecular formula is C25H29N3O. The van der Waals surface area contributed by atoms with E-state index in [0.717, 1.165) is 55.6 Å². The van der Waals surface area contributed by atoms with Gasteiger partial charge in [0.15, 0.2) is 0 Å². The molecule has 3 rings (SSSR count). The van der Waals surface area contributed by atoms with E-state index in [2.05, 4.69) is 47.5 Å². The number of benzene rings is 2. The summed E-state index contributed by atoms with van der Waals surface area (Å²) in [7, 11) is 0. The lowest BCUT2D eigenvalue weighted by Gasteiger charge is -2.31. The number of para-hydroxylation sites is 1. The van der Waals surface area contributed by atoms with Crippen LogP contribution in [0.2, 0.25) is 0 Å². The summed E-state index contributed by atoms with van der Waals surface area (Å²) in [6.45, 7) is 5.79. The van der Waals surface area contributed by atoms with E-state index in [4.69, 9.17) is 0 Å². The number of likely N-dealkylation sites (tertiary alicyclic amines) is 1. The van der Waals surface area contributed by atoms with E-state index < -0.39 is 0 Å². The zero-order valence-electron chi connectivity index (χ0n) is 17.3. The Morgan fingerprint density at radius 1 is 1.17 bits per heavy atom. The van der Waals surface area contributed by atoms with Gasteiger partial charge in [-0.3, -0.25) is 4.79 Å². The van der Waals surface area contributed by atoms with E-state index in [1.54, 1.807) is 6.20 Å². The minimum absolute atomic E-state index is 0.164. The Morgan fingerprint density at radius 3 is 2.55 bits per heavy atom. The molecule has 0 aromatic heterocycles. The fourth-order valence-electron chi connectivity index (χ4n) is 3.94. The molecule has 29 heavy (non-hydrogen) atoms. The summed E-state index contributed by atoms with van der Waals surface area (Å²) < 4.78 is 0. The Morgan fingerprint density at radius 2 is 1.90 bits per heavy atom. The molecule has 1 aliphatic heterocycles. The summed E-state index contributed by atoms with van der Waals surface area (Å²) in [6.07, 6.45) is 5.81. The summed E-state index contributed by atoms with van der Waals surface area (Å²) in [4.78, 5) is 14.8. The summed E-state index contributed by atoms with van der Waals surface area (Å²) in [5.41, 5.74) is 4.46. The highest BCUT2D eigenvalue weighted by Crippen LogP contribution is 2.24. The molecule has 1 amide bonds. The molecular weight excluding hydrogens is 358 g/mol. The predicted octanol–water partition coefficient (Wildman–Crippen LogP) is 4.86. The monoisotopic (exact) mass is 387 g/mol. The summed E-state index contributed by atoms with van der Waals surface area (Å²) in [5.74, 6) is 0.323. The van der Waals surface area contributed by atoms with Crippen molar-refractivity contribution in [2.75, 3.05) is 18.4 Å². The highest BCUT2D eigenvalue weighted by atomic mass is 16.1. The van der Waals surface area contributed by atoms with Crippen LogP contribution < -0.4 is 5.32 Å². The number of aryl methyl sites for hydroxylation is 2. The average molecular weight is 388 g/mol. The lowest BCUT2D eigenvalue weighted by molar-refractivity contribution is -0.112. The van der Waals surface area contributed by atoms with Gasteiger partial charge in [0.05, 0.1) is 0 Å². The van der Waals surface area contributed by atoms with E-state index in [9.17, 15) is 10.1 Å². The third-order valence-corrected chi connectivity index (χ3v) is 5.67. The Kier molecular flexibility index (Phi) is 7.08. The van der Waals surface area contributed by atoms with Crippen LogP contribution in [0, 0.1) is 24.2 Å². The van der Waals surface area contributed by atoms with Gasteiger partial charge in [0, 0.05) is 25.0 Å². The van der Waals surface area contributed by atoms with Crippen molar-refractivity contribution in [1.29, 1.82) is 5.26 Å². The van der Waals surface area contributed by atoms with Crippen LogP contribution in [0.3, 0.4) is 0 Å². The number of carbonyl (C=O) groups excluding carboxylic acids is 1. The second-order valence-corrected chi connectivity index (χ2v) is 7.74. The van der Waals surface area contributed by atoms with Crippen molar-refractivity contribution >= 4 is 11.6 Å². The molecule has 0 bridgehead atoms. The van der Waals surface area contributed by atoms with Gasteiger partial charge < -0.3 is 10.2 Å². The average Bonchev–Trinajstić information content (AvgIpc) is 2.75. The van der Waals surface area contributed by atoms with Gasteiger partial charge in [0.25, 0.3) is 5.91 Å². The van der Waals surface area contributed by atoms with Crippen molar-refractivity contribution < 1.29 is 4.79 Å². The number of hydrogen-bond acceptors (Lipinski definition) is 3. The fraction of sp³-hybridized carbons (Fsp3) is 0.360. The van der Waals surface area contributed by atoms with Crippen LogP contribution in [-0.2, 0) is 17.6 Å². The number of nitriles is 1. The fourth-order valence-corrected chi connectivity index (χ4v) is 3.94. The van der Waals surface area contributed by atoms with Gasteiger partial charge >= 0.3 is 0 Å². The third-order valence-electron chi connectivity index (χ3n) is 5.67. The van der Waals surface area contributed by atoms with E-state index in [0.29, 0.717) is 5.92 Å². The summed E-state index contributed by atoms with van der Waals surface area (Å²) in [5, 5.41) is 12.5. The van der Waals surface area contributed by atoms with Gasteiger partial charge in [-0.1, -0.05) is 55.5 Å². The Hall–Kier alpha value is -3.06. The van der Waals surface area contributed by atoms with Crippen LogP contribution in [0.15, 0.2) is 60.3 Å². The van der Waals surface area contributed by atoms with Crippen LogP contribution in [0.5, 0.6) is 0 Å². The molecule has 0 unspecified atom stereocenters. The number of piperidine rings is 1. The topological polar surface area (TPSA) is 56.1 Å². The maximum atomic E-state index is 12.7. The molecule has 4 nitrogen and oxygen atoms in total. The molecule has 2 aromatic carbocycles. The first-order valence-corrected chi connectivity index (χ1v) is 10.4. The Balaban J connectivity index is 1.61. The van der Waals surface area contributed by atoms with Crippen molar-refractivity contribution in [2.24, 2.45) is 5.92 Å². The number of nitrogens with one attached hydrogen (secondary N) is 1. The van der Waals surface area contributed by atoms with Gasteiger partial charge in [0.1, 0.15) is 11.6 Å². The summed E-state index contributed by atoms with van der Waals surface area (Å²) in [6, 6.07) is 18.6. The molecule has 0 atom stereocenters. The molecule has 150 valence electrons. The number of nitrogens with zero attached hydrogens (tertiary/aromatic N) is 2. The summed E-state index contributed by atoms with van der Waals surface area (Å²) >= 11 is 0. The van der Waals surface area contributed by atoms with Crippen molar-refractivity contribution in [1.82, 2.24) is 4.90 Å². The van der Waals surface area contributed by atoms with Gasteiger partial charge in [-0.05, 0) is 55.2 Å². The van der Waals surface area contributed by atoms with Gasteiger partial charge in [0.2, 0.25) is 0 Å². The van der Waals surface area contributed by atoms with Crippen LogP contribution in [-0.4, -0.2) is 23.9 Å². The van der Waals surface area contributed by atoms with Crippen LogP contribution in [0.1, 0.15) is 36.5 Å². The molecule has 4 heteroatoms. The quantitative estimate of drug-likeness (QED) is 0.569.